The quantitative estimate of drug-likeness (QED) is 0.134. The van der Waals surface area contributed by atoms with Gasteiger partial charge in [-0.2, -0.15) is 0 Å². The molecule has 0 spiro atoms. The van der Waals surface area contributed by atoms with Crippen molar-refractivity contribution in [3.63, 3.8) is 0 Å². The van der Waals surface area contributed by atoms with E-state index < -0.39 is 23.9 Å². The van der Waals surface area contributed by atoms with Gasteiger partial charge in [0, 0.05) is 0 Å². The number of hydrogen-bond acceptors (Lipinski definition) is 3. The smallest absolute Gasteiger partial charge is 0.310 e. The minimum absolute atomic E-state index is 0.0500. The predicted octanol–water partition coefficient (Wildman–Crippen LogP) is 5.86. The van der Waals surface area contributed by atoms with Gasteiger partial charge in [0.25, 0.3) is 0 Å². The summed E-state index contributed by atoms with van der Waals surface area (Å²) in [7, 11) is 3.62. The highest BCUT2D eigenvalue weighted by Crippen LogP contribution is 2.30. The fourth-order valence-corrected chi connectivity index (χ4v) is 4.30. The molecule has 0 aliphatic carbocycles. The Morgan fingerprint density at radius 2 is 1.31 bits per heavy atom. The van der Waals surface area contributed by atoms with E-state index in [2.05, 4.69) is 19.1 Å². The summed E-state index contributed by atoms with van der Waals surface area (Å²) >= 11 is 0. The molecular weight excluding hydrogens is 402 g/mol. The van der Waals surface area contributed by atoms with Gasteiger partial charge in [-0.05, 0) is 52.4 Å². The largest absolute Gasteiger partial charge is 0.544 e. The molecule has 2 atom stereocenters. The van der Waals surface area contributed by atoms with Gasteiger partial charge in [-0.25, -0.2) is 0 Å². The molecule has 0 saturated carbocycles. The van der Waals surface area contributed by atoms with Crippen molar-refractivity contribution in [1.29, 1.82) is 0 Å². The second-order valence-corrected chi connectivity index (χ2v) is 10.2. The highest BCUT2D eigenvalue weighted by atomic mass is 16.4. The van der Waals surface area contributed by atoms with Crippen LogP contribution in [0.5, 0.6) is 0 Å². The Morgan fingerprint density at radius 1 is 0.875 bits per heavy atom. The molecule has 0 amide bonds. The highest BCUT2D eigenvalue weighted by molar-refractivity contribution is 5.82. The zero-order valence-electron chi connectivity index (χ0n) is 21.7. The van der Waals surface area contributed by atoms with Crippen molar-refractivity contribution in [3.8, 4) is 0 Å². The van der Waals surface area contributed by atoms with Crippen LogP contribution < -0.4 is 5.11 Å². The van der Waals surface area contributed by atoms with E-state index in [1.54, 1.807) is 0 Å². The van der Waals surface area contributed by atoms with Crippen molar-refractivity contribution >= 4 is 11.9 Å². The van der Waals surface area contributed by atoms with Crippen molar-refractivity contribution < 1.29 is 24.3 Å². The minimum atomic E-state index is -1.44. The van der Waals surface area contributed by atoms with Gasteiger partial charge in [-0.3, -0.25) is 4.79 Å². The number of unbranched alkanes of at least 4 members (excludes halogenated alkanes) is 12. The van der Waals surface area contributed by atoms with Crippen LogP contribution >= 0.6 is 0 Å². The summed E-state index contributed by atoms with van der Waals surface area (Å²) in [5, 5.41) is 20.9. The summed E-state index contributed by atoms with van der Waals surface area (Å²) in [6.45, 7) is 5.77. The van der Waals surface area contributed by atoms with Gasteiger partial charge in [0.05, 0.1) is 20.1 Å². The van der Waals surface area contributed by atoms with E-state index in [9.17, 15) is 14.7 Å². The van der Waals surface area contributed by atoms with Crippen LogP contribution in [0.3, 0.4) is 0 Å². The number of carbonyl (C=O) groups is 2. The molecule has 0 aromatic rings. The Balaban J connectivity index is 3.90. The fraction of sp³-hybridized carbons (Fsp3) is 0.852. The molecule has 0 aliphatic rings. The van der Waals surface area contributed by atoms with Gasteiger partial charge in [0.2, 0.25) is 0 Å². The van der Waals surface area contributed by atoms with Crippen molar-refractivity contribution in [2.45, 2.75) is 135 Å². The lowest BCUT2D eigenvalue weighted by atomic mass is 9.90. The van der Waals surface area contributed by atoms with Gasteiger partial charge < -0.3 is 19.5 Å². The van der Waals surface area contributed by atoms with Crippen molar-refractivity contribution in [1.82, 2.24) is 0 Å². The average molecular weight is 454 g/mol. The second-order valence-electron chi connectivity index (χ2n) is 10.2. The normalized spacial score (nSPS) is 15.0. The van der Waals surface area contributed by atoms with E-state index in [1.165, 1.54) is 84.0 Å². The molecule has 5 heteroatoms. The van der Waals surface area contributed by atoms with Crippen LogP contribution in [0.2, 0.25) is 0 Å². The van der Waals surface area contributed by atoms with Crippen LogP contribution in [0.25, 0.3) is 0 Å². The molecule has 188 valence electrons. The third-order valence-electron chi connectivity index (χ3n) is 7.44. The molecule has 32 heavy (non-hydrogen) atoms. The van der Waals surface area contributed by atoms with E-state index in [0.29, 0.717) is 0 Å². The first kappa shape index (κ1) is 30.6. The Hall–Kier alpha value is -1.36. The van der Waals surface area contributed by atoms with E-state index in [0.717, 1.165) is 19.3 Å². The molecule has 1 N–H and O–H groups in total. The molecule has 0 aromatic carbocycles. The summed E-state index contributed by atoms with van der Waals surface area (Å²) in [6, 6.07) is 0.0500. The lowest BCUT2D eigenvalue weighted by molar-refractivity contribution is -0.953. The molecule has 0 fully saturated rings. The van der Waals surface area contributed by atoms with Crippen molar-refractivity contribution in [2.75, 3.05) is 14.1 Å². The topological polar surface area (TPSA) is 77.4 Å². The van der Waals surface area contributed by atoms with Crippen LogP contribution in [0.4, 0.5) is 0 Å². The number of quaternary nitrogens is 1. The Morgan fingerprint density at radius 3 is 1.75 bits per heavy atom. The first-order chi connectivity index (χ1) is 15.1. The fourth-order valence-electron chi connectivity index (χ4n) is 4.30. The Bertz CT molecular complexity index is 544. The van der Waals surface area contributed by atoms with Gasteiger partial charge in [-0.1, -0.05) is 76.9 Å². The lowest BCUT2D eigenvalue weighted by Gasteiger charge is -2.50. The highest BCUT2D eigenvalue weighted by Gasteiger charge is 2.47. The standard InChI is InChI=1S/C27H51NO4/c1-6-7-8-9-10-11-12-13-14-15-16-17-18-19-20-21-22-24(2)28(4,5)27(3,26(31)32)23-25(29)30/h13-14,24H,6-12,15-23H2,1-5H3,(H-,29,30,31,32)/b14-13-. The third-order valence-corrected chi connectivity index (χ3v) is 7.44. The second kappa shape index (κ2) is 17.2. The third kappa shape index (κ3) is 12.0. The Labute approximate surface area is 197 Å². The monoisotopic (exact) mass is 453 g/mol. The number of aliphatic carboxylic acids is 2. The van der Waals surface area contributed by atoms with Gasteiger partial charge in [0.15, 0.2) is 0 Å². The Kier molecular flexibility index (Phi) is 16.4. The lowest BCUT2D eigenvalue weighted by Crippen LogP contribution is -2.69. The molecular formula is C27H51NO4. The molecule has 2 unspecified atom stereocenters. The van der Waals surface area contributed by atoms with Crippen LogP contribution in [-0.4, -0.2) is 47.2 Å². The van der Waals surface area contributed by atoms with E-state index >= 15 is 0 Å². The number of carboxylic acid groups (broad SMARTS) is 2. The van der Waals surface area contributed by atoms with E-state index in [4.69, 9.17) is 5.11 Å². The van der Waals surface area contributed by atoms with Gasteiger partial charge in [-0.15, -0.1) is 0 Å². The maximum Gasteiger partial charge on any atom is 0.310 e. The molecule has 0 radical (unpaired) electrons. The number of carbonyl (C=O) groups excluding carboxylic acids is 1. The number of hydrogen-bond donors (Lipinski definition) is 1. The molecule has 0 aliphatic heterocycles. The zero-order valence-corrected chi connectivity index (χ0v) is 21.7. The van der Waals surface area contributed by atoms with Crippen LogP contribution in [0, 0.1) is 0 Å². The average Bonchev–Trinajstić information content (AvgIpc) is 2.72. The number of nitrogens with zero attached hydrogens (tertiary/aromatic N) is 1. The molecule has 0 saturated heterocycles. The number of allylic oxidation sites excluding steroid dienone is 2. The van der Waals surface area contributed by atoms with Crippen molar-refractivity contribution in [3.05, 3.63) is 12.2 Å². The maximum atomic E-state index is 11.7. The molecule has 0 aromatic heterocycles. The molecule has 0 heterocycles. The van der Waals surface area contributed by atoms with Gasteiger partial charge >= 0.3 is 5.97 Å². The summed E-state index contributed by atoms with van der Waals surface area (Å²) in [5.41, 5.74) is -1.44. The molecule has 5 nitrogen and oxygen atoms in total. The van der Waals surface area contributed by atoms with Crippen molar-refractivity contribution in [2.24, 2.45) is 0 Å². The summed E-state index contributed by atoms with van der Waals surface area (Å²) in [6.07, 6.45) is 22.9. The van der Waals surface area contributed by atoms with Gasteiger partial charge in [0.1, 0.15) is 17.9 Å². The van der Waals surface area contributed by atoms with Crippen LogP contribution in [-0.2, 0) is 9.59 Å². The van der Waals surface area contributed by atoms with E-state index in [-0.39, 0.29) is 10.5 Å². The number of likely N-dealkylation sites (N-methyl/N-ethyl adjacent to an activating group) is 1. The molecule has 0 rings (SSSR count). The summed E-state index contributed by atoms with van der Waals surface area (Å²) in [4.78, 5) is 22.9. The first-order valence-corrected chi connectivity index (χ1v) is 13.0. The minimum Gasteiger partial charge on any atom is -0.544 e. The van der Waals surface area contributed by atoms with Crippen LogP contribution in [0.15, 0.2) is 12.2 Å². The first-order valence-electron chi connectivity index (χ1n) is 13.0. The number of carboxylic acids is 2. The van der Waals surface area contributed by atoms with E-state index in [1.807, 2.05) is 21.0 Å². The summed E-state index contributed by atoms with van der Waals surface area (Å²) in [5.74, 6) is -2.40. The van der Waals surface area contributed by atoms with Crippen LogP contribution in [0.1, 0.15) is 124 Å². The zero-order chi connectivity index (χ0) is 24.5. The molecule has 0 bridgehead atoms. The predicted molar refractivity (Wildman–Crippen MR) is 131 cm³/mol. The summed E-state index contributed by atoms with van der Waals surface area (Å²) < 4.78 is 0.118. The number of rotatable bonds is 21. The SMILES string of the molecule is CCCCCCCC/C=C\CCCCCCCCC(C)[N+](C)(C)C(C)(CC(=O)O)C(=O)[O-]. The maximum absolute atomic E-state index is 11.7.